The first-order valence-electron chi connectivity index (χ1n) is 4.60. The van der Waals surface area contributed by atoms with Crippen LogP contribution in [0.25, 0.3) is 0 Å². The maximum absolute atomic E-state index is 9.80. The minimum Gasteiger partial charge on any atom is -0.431 e. The summed E-state index contributed by atoms with van der Waals surface area (Å²) in [7, 11) is 0. The molecule has 0 saturated carbocycles. The van der Waals surface area contributed by atoms with Gasteiger partial charge < -0.3 is 9.47 Å². The van der Waals surface area contributed by atoms with E-state index in [2.05, 4.69) is 23.3 Å². The maximum atomic E-state index is 9.80. The third-order valence-corrected chi connectivity index (χ3v) is 1.48. The lowest BCUT2D eigenvalue weighted by Gasteiger charge is -1.86. The first kappa shape index (κ1) is 11.3. The SMILES string of the molecule is CCCCCC.O=C1OCCO1. The van der Waals surface area contributed by atoms with Crippen LogP contribution in [0.2, 0.25) is 0 Å². The molecule has 1 heterocycles. The van der Waals surface area contributed by atoms with Crippen LogP contribution in [0.15, 0.2) is 0 Å². The van der Waals surface area contributed by atoms with E-state index in [1.165, 1.54) is 25.7 Å². The largest absolute Gasteiger partial charge is 0.508 e. The summed E-state index contributed by atoms with van der Waals surface area (Å²) in [6.45, 7) is 5.29. The molecule has 12 heavy (non-hydrogen) atoms. The van der Waals surface area contributed by atoms with E-state index in [1.807, 2.05) is 0 Å². The fourth-order valence-electron chi connectivity index (χ4n) is 0.792. The molecule has 0 aromatic rings. The number of carbonyl (C=O) groups is 1. The average Bonchev–Trinajstić information content (AvgIpc) is 2.53. The first-order chi connectivity index (χ1) is 5.81. The van der Waals surface area contributed by atoms with Gasteiger partial charge >= 0.3 is 6.16 Å². The Morgan fingerprint density at radius 1 is 1.08 bits per heavy atom. The van der Waals surface area contributed by atoms with Crippen LogP contribution in [0, 0.1) is 0 Å². The third-order valence-electron chi connectivity index (χ3n) is 1.48. The highest BCUT2D eigenvalue weighted by Gasteiger charge is 2.09. The van der Waals surface area contributed by atoms with E-state index in [9.17, 15) is 4.79 Å². The Labute approximate surface area is 74.0 Å². The van der Waals surface area contributed by atoms with Gasteiger partial charge in [-0.05, 0) is 0 Å². The number of cyclic esters (lactones) is 2. The van der Waals surface area contributed by atoms with Crippen molar-refractivity contribution in [2.45, 2.75) is 39.5 Å². The molecule has 3 heteroatoms. The van der Waals surface area contributed by atoms with Gasteiger partial charge in [0.25, 0.3) is 0 Å². The molecular formula is C9H18O3. The van der Waals surface area contributed by atoms with E-state index in [0.29, 0.717) is 13.2 Å². The van der Waals surface area contributed by atoms with E-state index in [1.54, 1.807) is 0 Å². The zero-order valence-electron chi connectivity index (χ0n) is 7.97. The predicted octanol–water partition coefficient (Wildman–Crippen LogP) is 2.74. The topological polar surface area (TPSA) is 35.5 Å². The summed E-state index contributed by atoms with van der Waals surface area (Å²) in [5, 5.41) is 0. The summed E-state index contributed by atoms with van der Waals surface area (Å²) in [6.07, 6.45) is 4.99. The van der Waals surface area contributed by atoms with Gasteiger partial charge in [0.15, 0.2) is 0 Å². The molecule has 1 aliphatic rings. The summed E-state index contributed by atoms with van der Waals surface area (Å²) >= 11 is 0. The third kappa shape index (κ3) is 7.38. The van der Waals surface area contributed by atoms with Crippen molar-refractivity contribution in [3.05, 3.63) is 0 Å². The standard InChI is InChI=1S/C6H14.C3H4O3/c1-3-5-6-4-2;4-3-5-1-2-6-3/h3-6H2,1-2H3;1-2H2. The van der Waals surface area contributed by atoms with Crippen LogP contribution in [0.3, 0.4) is 0 Å². The fourth-order valence-corrected chi connectivity index (χ4v) is 0.792. The lowest BCUT2D eigenvalue weighted by atomic mass is 10.2. The molecule has 0 bridgehead atoms. The smallest absolute Gasteiger partial charge is 0.431 e. The van der Waals surface area contributed by atoms with Crippen LogP contribution in [0.5, 0.6) is 0 Å². The van der Waals surface area contributed by atoms with E-state index < -0.39 is 6.16 Å². The Kier molecular flexibility index (Phi) is 7.86. The molecule has 3 nitrogen and oxygen atoms in total. The van der Waals surface area contributed by atoms with Crippen molar-refractivity contribution in [2.75, 3.05) is 13.2 Å². The van der Waals surface area contributed by atoms with Gasteiger partial charge in [-0.1, -0.05) is 39.5 Å². The molecule has 0 N–H and O–H groups in total. The quantitative estimate of drug-likeness (QED) is 0.487. The van der Waals surface area contributed by atoms with Crippen molar-refractivity contribution < 1.29 is 14.3 Å². The molecule has 72 valence electrons. The second-order valence-corrected chi connectivity index (χ2v) is 2.65. The molecule has 0 aromatic carbocycles. The molecule has 1 aliphatic heterocycles. The molecule has 1 saturated heterocycles. The summed E-state index contributed by atoms with van der Waals surface area (Å²) in [5.41, 5.74) is 0. The number of hydrogen-bond acceptors (Lipinski definition) is 3. The minimum absolute atomic E-state index is 0.416. The van der Waals surface area contributed by atoms with Crippen molar-refractivity contribution in [1.82, 2.24) is 0 Å². The van der Waals surface area contributed by atoms with Gasteiger partial charge in [0.2, 0.25) is 0 Å². The van der Waals surface area contributed by atoms with Gasteiger partial charge in [-0.2, -0.15) is 0 Å². The summed E-state index contributed by atoms with van der Waals surface area (Å²) in [4.78, 5) is 9.80. The second kappa shape index (κ2) is 8.37. The molecule has 1 fully saturated rings. The highest BCUT2D eigenvalue weighted by molar-refractivity contribution is 5.61. The molecule has 0 unspecified atom stereocenters. The predicted molar refractivity (Wildman–Crippen MR) is 47.1 cm³/mol. The van der Waals surface area contributed by atoms with Crippen LogP contribution in [0.4, 0.5) is 4.79 Å². The minimum atomic E-state index is -0.546. The van der Waals surface area contributed by atoms with E-state index >= 15 is 0 Å². The second-order valence-electron chi connectivity index (χ2n) is 2.65. The van der Waals surface area contributed by atoms with Crippen molar-refractivity contribution >= 4 is 6.16 Å². The Bertz CT molecular complexity index is 100. The molecule has 0 amide bonds. The zero-order valence-corrected chi connectivity index (χ0v) is 7.97. The van der Waals surface area contributed by atoms with Crippen molar-refractivity contribution in [1.29, 1.82) is 0 Å². The molecule has 0 aliphatic carbocycles. The Morgan fingerprint density at radius 3 is 1.67 bits per heavy atom. The molecular weight excluding hydrogens is 156 g/mol. The number of ether oxygens (including phenoxy) is 2. The maximum Gasteiger partial charge on any atom is 0.508 e. The van der Waals surface area contributed by atoms with E-state index in [4.69, 9.17) is 0 Å². The van der Waals surface area contributed by atoms with E-state index in [-0.39, 0.29) is 0 Å². The number of unbranched alkanes of at least 4 members (excludes halogenated alkanes) is 3. The lowest BCUT2D eigenvalue weighted by molar-refractivity contribution is 0.131. The molecule has 0 aromatic heterocycles. The first-order valence-corrected chi connectivity index (χ1v) is 4.60. The van der Waals surface area contributed by atoms with Gasteiger partial charge in [-0.15, -0.1) is 0 Å². The monoisotopic (exact) mass is 174 g/mol. The number of rotatable bonds is 3. The van der Waals surface area contributed by atoms with Crippen LogP contribution in [-0.4, -0.2) is 19.4 Å². The summed E-state index contributed by atoms with van der Waals surface area (Å²) in [6, 6.07) is 0. The Morgan fingerprint density at radius 2 is 1.50 bits per heavy atom. The zero-order chi connectivity index (χ0) is 9.23. The van der Waals surface area contributed by atoms with E-state index in [0.717, 1.165) is 0 Å². The highest BCUT2D eigenvalue weighted by Crippen LogP contribution is 1.95. The number of carbonyl (C=O) groups excluding carboxylic acids is 1. The Hall–Kier alpha value is -0.730. The fraction of sp³-hybridized carbons (Fsp3) is 0.889. The van der Waals surface area contributed by atoms with Gasteiger partial charge in [0.05, 0.1) is 0 Å². The van der Waals surface area contributed by atoms with Crippen molar-refractivity contribution in [2.24, 2.45) is 0 Å². The van der Waals surface area contributed by atoms with Crippen molar-refractivity contribution in [3.8, 4) is 0 Å². The number of hydrogen-bond donors (Lipinski definition) is 0. The summed E-state index contributed by atoms with van der Waals surface area (Å²) in [5.74, 6) is 0. The molecule has 0 radical (unpaired) electrons. The average molecular weight is 174 g/mol. The van der Waals surface area contributed by atoms with Gasteiger partial charge in [-0.25, -0.2) is 4.79 Å². The lowest BCUT2D eigenvalue weighted by Crippen LogP contribution is -1.88. The van der Waals surface area contributed by atoms with Crippen LogP contribution in [-0.2, 0) is 9.47 Å². The summed E-state index contributed by atoms with van der Waals surface area (Å²) < 4.78 is 8.58. The van der Waals surface area contributed by atoms with Crippen LogP contribution >= 0.6 is 0 Å². The van der Waals surface area contributed by atoms with Gasteiger partial charge in [0.1, 0.15) is 13.2 Å². The van der Waals surface area contributed by atoms with Gasteiger partial charge in [-0.3, -0.25) is 0 Å². The van der Waals surface area contributed by atoms with Crippen molar-refractivity contribution in [3.63, 3.8) is 0 Å². The Balaban J connectivity index is 0.000000202. The normalized spacial score (nSPS) is 14.3. The molecule has 0 atom stereocenters. The van der Waals surface area contributed by atoms with Crippen LogP contribution in [0.1, 0.15) is 39.5 Å². The highest BCUT2D eigenvalue weighted by atomic mass is 16.8. The van der Waals surface area contributed by atoms with Gasteiger partial charge in [0, 0.05) is 0 Å². The molecule has 1 rings (SSSR count). The molecule has 0 spiro atoms. The van der Waals surface area contributed by atoms with Crippen LogP contribution < -0.4 is 0 Å².